The number of halogens is 1. The van der Waals surface area contributed by atoms with E-state index >= 15 is 0 Å². The molecule has 2 rings (SSSR count). The SMILES string of the molecule is COc1ccc(Br)cc1S[C@H]1CCNC1=O. The van der Waals surface area contributed by atoms with Gasteiger partial charge in [0.1, 0.15) is 5.75 Å². The molecule has 0 aliphatic carbocycles. The summed E-state index contributed by atoms with van der Waals surface area (Å²) in [7, 11) is 1.64. The Labute approximate surface area is 107 Å². The smallest absolute Gasteiger partial charge is 0.233 e. The van der Waals surface area contributed by atoms with E-state index in [-0.39, 0.29) is 11.2 Å². The molecule has 1 saturated heterocycles. The quantitative estimate of drug-likeness (QED) is 0.932. The molecule has 0 radical (unpaired) electrons. The van der Waals surface area contributed by atoms with Gasteiger partial charge < -0.3 is 10.1 Å². The molecule has 1 aliphatic heterocycles. The number of hydrogen-bond acceptors (Lipinski definition) is 3. The summed E-state index contributed by atoms with van der Waals surface area (Å²) in [6, 6.07) is 5.81. The van der Waals surface area contributed by atoms with Crippen molar-refractivity contribution < 1.29 is 9.53 Å². The molecule has 1 aromatic carbocycles. The zero-order chi connectivity index (χ0) is 11.5. The summed E-state index contributed by atoms with van der Waals surface area (Å²) in [6.45, 7) is 0.771. The van der Waals surface area contributed by atoms with E-state index in [0.29, 0.717) is 0 Å². The van der Waals surface area contributed by atoms with Gasteiger partial charge in [-0.3, -0.25) is 4.79 Å². The van der Waals surface area contributed by atoms with Crippen molar-refractivity contribution in [3.05, 3.63) is 22.7 Å². The third kappa shape index (κ3) is 2.52. The minimum Gasteiger partial charge on any atom is -0.496 e. The Balaban J connectivity index is 2.19. The minimum absolute atomic E-state index is 0.00296. The fourth-order valence-electron chi connectivity index (χ4n) is 1.58. The Morgan fingerprint density at radius 1 is 1.56 bits per heavy atom. The predicted molar refractivity (Wildman–Crippen MR) is 68.0 cm³/mol. The van der Waals surface area contributed by atoms with E-state index in [4.69, 9.17) is 4.74 Å². The third-order valence-corrected chi connectivity index (χ3v) is 4.19. The van der Waals surface area contributed by atoms with Crippen molar-refractivity contribution in [1.29, 1.82) is 0 Å². The number of rotatable bonds is 3. The molecule has 0 saturated carbocycles. The molecular formula is C11H12BrNO2S. The van der Waals surface area contributed by atoms with Crippen molar-refractivity contribution in [1.82, 2.24) is 5.32 Å². The molecule has 1 atom stereocenters. The zero-order valence-electron chi connectivity index (χ0n) is 8.83. The van der Waals surface area contributed by atoms with Gasteiger partial charge in [0.25, 0.3) is 0 Å². The number of carbonyl (C=O) groups is 1. The van der Waals surface area contributed by atoms with Crippen molar-refractivity contribution in [2.45, 2.75) is 16.6 Å². The van der Waals surface area contributed by atoms with Gasteiger partial charge in [0, 0.05) is 11.0 Å². The molecule has 0 spiro atoms. The maximum atomic E-state index is 11.5. The van der Waals surface area contributed by atoms with Gasteiger partial charge >= 0.3 is 0 Å². The van der Waals surface area contributed by atoms with E-state index in [1.807, 2.05) is 18.2 Å². The van der Waals surface area contributed by atoms with Gasteiger partial charge in [-0.2, -0.15) is 0 Å². The van der Waals surface area contributed by atoms with E-state index in [1.54, 1.807) is 18.9 Å². The molecule has 0 bridgehead atoms. The number of benzene rings is 1. The molecule has 1 amide bonds. The van der Waals surface area contributed by atoms with E-state index < -0.39 is 0 Å². The topological polar surface area (TPSA) is 38.3 Å². The normalized spacial score (nSPS) is 19.6. The summed E-state index contributed by atoms with van der Waals surface area (Å²) in [5.74, 6) is 0.930. The lowest BCUT2D eigenvalue weighted by molar-refractivity contribution is -0.118. The number of carbonyl (C=O) groups excluding carboxylic acids is 1. The Hall–Kier alpha value is -0.680. The molecule has 1 aromatic rings. The molecule has 3 nitrogen and oxygen atoms in total. The second-order valence-electron chi connectivity index (χ2n) is 3.48. The van der Waals surface area contributed by atoms with Gasteiger partial charge in [0.2, 0.25) is 5.91 Å². The predicted octanol–water partition coefficient (Wildman–Crippen LogP) is 2.44. The number of methoxy groups -OCH3 is 1. The Morgan fingerprint density at radius 3 is 3.00 bits per heavy atom. The monoisotopic (exact) mass is 301 g/mol. The number of amides is 1. The summed E-state index contributed by atoms with van der Waals surface area (Å²) >= 11 is 4.98. The molecule has 86 valence electrons. The van der Waals surface area contributed by atoms with Gasteiger partial charge in [-0.05, 0) is 24.6 Å². The fourth-order valence-corrected chi connectivity index (χ4v) is 3.29. The van der Waals surface area contributed by atoms with E-state index in [0.717, 1.165) is 28.1 Å². The maximum Gasteiger partial charge on any atom is 0.233 e. The number of ether oxygens (including phenoxy) is 1. The highest BCUT2D eigenvalue weighted by molar-refractivity contribution is 9.10. The van der Waals surface area contributed by atoms with Crippen LogP contribution in [0.15, 0.2) is 27.6 Å². The van der Waals surface area contributed by atoms with Gasteiger partial charge in [-0.15, -0.1) is 11.8 Å². The third-order valence-electron chi connectivity index (χ3n) is 2.39. The second-order valence-corrected chi connectivity index (χ2v) is 5.64. The molecule has 1 heterocycles. The molecule has 16 heavy (non-hydrogen) atoms. The highest BCUT2D eigenvalue weighted by Gasteiger charge is 2.26. The van der Waals surface area contributed by atoms with Crippen molar-refractivity contribution in [2.75, 3.05) is 13.7 Å². The molecule has 0 unspecified atom stereocenters. The lowest BCUT2D eigenvalue weighted by Gasteiger charge is -2.11. The standard InChI is InChI=1S/C11H12BrNO2S/c1-15-8-3-2-7(12)6-10(8)16-9-4-5-13-11(9)14/h2-3,6,9H,4-5H2,1H3,(H,13,14)/t9-/m0/s1. The average Bonchev–Trinajstić information content (AvgIpc) is 2.65. The van der Waals surface area contributed by atoms with Crippen LogP contribution in [-0.2, 0) is 4.79 Å². The zero-order valence-corrected chi connectivity index (χ0v) is 11.2. The van der Waals surface area contributed by atoms with Crippen LogP contribution in [0.4, 0.5) is 0 Å². The minimum atomic E-state index is 0.00296. The van der Waals surface area contributed by atoms with Crippen LogP contribution >= 0.6 is 27.7 Å². The molecule has 1 aliphatic rings. The van der Waals surface area contributed by atoms with Crippen molar-refractivity contribution in [3.63, 3.8) is 0 Å². The lowest BCUT2D eigenvalue weighted by atomic mass is 10.3. The first-order valence-corrected chi connectivity index (χ1v) is 6.66. The van der Waals surface area contributed by atoms with Crippen LogP contribution < -0.4 is 10.1 Å². The van der Waals surface area contributed by atoms with Crippen LogP contribution in [0.1, 0.15) is 6.42 Å². The van der Waals surface area contributed by atoms with Crippen LogP contribution in [0.3, 0.4) is 0 Å². The highest BCUT2D eigenvalue weighted by Crippen LogP contribution is 2.36. The molecule has 1 fully saturated rings. The Bertz CT molecular complexity index is 411. The number of thioether (sulfide) groups is 1. The van der Waals surface area contributed by atoms with Crippen LogP contribution in [0, 0.1) is 0 Å². The summed E-state index contributed by atoms with van der Waals surface area (Å²) < 4.78 is 6.27. The Morgan fingerprint density at radius 2 is 2.38 bits per heavy atom. The number of hydrogen-bond donors (Lipinski definition) is 1. The first kappa shape index (κ1) is 11.8. The van der Waals surface area contributed by atoms with Crippen LogP contribution in [0.2, 0.25) is 0 Å². The molecule has 1 N–H and O–H groups in total. The van der Waals surface area contributed by atoms with Crippen molar-refractivity contribution >= 4 is 33.6 Å². The Kier molecular flexibility index (Phi) is 3.76. The van der Waals surface area contributed by atoms with Gasteiger partial charge in [0.05, 0.1) is 17.3 Å². The van der Waals surface area contributed by atoms with Crippen LogP contribution in [0.25, 0.3) is 0 Å². The summed E-state index contributed by atoms with van der Waals surface area (Å²) in [5, 5.41) is 2.83. The van der Waals surface area contributed by atoms with Crippen molar-refractivity contribution in [2.24, 2.45) is 0 Å². The molecule has 0 aromatic heterocycles. The van der Waals surface area contributed by atoms with Gasteiger partial charge in [-0.1, -0.05) is 15.9 Å². The first-order chi connectivity index (χ1) is 7.70. The van der Waals surface area contributed by atoms with E-state index in [9.17, 15) is 4.79 Å². The lowest BCUT2D eigenvalue weighted by Crippen LogP contribution is -2.20. The first-order valence-electron chi connectivity index (χ1n) is 4.98. The average molecular weight is 302 g/mol. The summed E-state index contributed by atoms with van der Waals surface area (Å²) in [4.78, 5) is 12.5. The summed E-state index contributed by atoms with van der Waals surface area (Å²) in [5.41, 5.74) is 0. The van der Waals surface area contributed by atoms with Gasteiger partial charge in [-0.25, -0.2) is 0 Å². The van der Waals surface area contributed by atoms with Gasteiger partial charge in [0.15, 0.2) is 0 Å². The second kappa shape index (κ2) is 5.10. The summed E-state index contributed by atoms with van der Waals surface area (Å²) in [6.07, 6.45) is 0.874. The molecule has 5 heteroatoms. The van der Waals surface area contributed by atoms with Crippen molar-refractivity contribution in [3.8, 4) is 5.75 Å². The van der Waals surface area contributed by atoms with Crippen LogP contribution in [0.5, 0.6) is 5.75 Å². The number of nitrogens with one attached hydrogen (secondary N) is 1. The maximum absolute atomic E-state index is 11.5. The largest absolute Gasteiger partial charge is 0.496 e. The highest BCUT2D eigenvalue weighted by atomic mass is 79.9. The fraction of sp³-hybridized carbons (Fsp3) is 0.364. The van der Waals surface area contributed by atoms with E-state index in [1.165, 1.54) is 0 Å². The van der Waals surface area contributed by atoms with Crippen LogP contribution in [-0.4, -0.2) is 24.8 Å². The molecular weight excluding hydrogens is 290 g/mol. The van der Waals surface area contributed by atoms with E-state index in [2.05, 4.69) is 21.2 Å².